The Labute approximate surface area is 609 Å². The number of nitrogens with one attached hydrogen (secondary N) is 1. The standard InChI is InChI=1S/C18H18ClN5O.C14H10Cl2N4.C9H17NO3.C8H7N.C7H5Cl3N2.C4HCl3N2.C3H5.BrH.Mg/c19-15-16(10-5-6-10)22-18(25-12-7-11(20)8-12)23-17(15)24-9-21-13-3-1-2-4-14(13)24;15-11-12(8-5-6-8)18-14(16)19-13(11)20-7-17-9-3-1-2-4-10(9)20;1-9(2,3)13-8(12)10-6-4-7(11)5-6;1-2-4-8-7(3-1)5-6-9-8;8-4-5(3-1-2-3)11-7(10)12-6(4)9;5-2-1-8-4(7)9-3(2)6;1-2-3-1;;/h1-4,9-12H,5-8,20H2;1-4,7-8H,5-6H2;6-7,11H,4-5H2,1-3H3,(H,10,12);1-4,6H,5H2;3H,1-2H2;1H;1H,2-3H2;1H;/q;;;;;;-1;;+2/p-1. The summed E-state index contributed by atoms with van der Waals surface area (Å²) in [6.07, 6.45) is 21.8. The number of carbonyl (C=O) groups excluding carboxylic acids is 1. The number of aromatic nitrogens is 12. The number of nitrogens with two attached hydrogens (primary N) is 1. The molecule has 0 spiro atoms. The Bertz CT molecular complexity index is 4050. The van der Waals surface area contributed by atoms with E-state index < -0.39 is 11.7 Å². The molecule has 486 valence electrons. The Balaban J connectivity index is 0.000000147. The fourth-order valence-corrected chi connectivity index (χ4v) is 11.0. The molecule has 0 saturated heterocycles. The van der Waals surface area contributed by atoms with Gasteiger partial charge in [0.25, 0.3) is 0 Å². The van der Waals surface area contributed by atoms with Crippen LogP contribution in [0.15, 0.2) is 96.6 Å². The van der Waals surface area contributed by atoms with Crippen molar-refractivity contribution in [1.82, 2.24) is 64.3 Å². The molecule has 6 fully saturated rings. The van der Waals surface area contributed by atoms with Crippen LogP contribution < -0.4 is 32.8 Å². The van der Waals surface area contributed by atoms with Crippen LogP contribution >= 0.6 is 104 Å². The summed E-state index contributed by atoms with van der Waals surface area (Å²) in [6, 6.07) is 24.7. The van der Waals surface area contributed by atoms with Gasteiger partial charge in [-0.05, 0) is 156 Å². The molecule has 6 aromatic heterocycles. The van der Waals surface area contributed by atoms with Crippen molar-refractivity contribution in [2.45, 2.75) is 152 Å². The Morgan fingerprint density at radius 1 is 0.624 bits per heavy atom. The Morgan fingerprint density at radius 2 is 1.12 bits per heavy atom. The molecular weight excluding hydrogens is 1450 g/mol. The second-order valence-corrected chi connectivity index (χ2v) is 26.6. The summed E-state index contributed by atoms with van der Waals surface area (Å²) in [5.74, 6) is 2.48. The third-order valence-corrected chi connectivity index (χ3v) is 17.1. The van der Waals surface area contributed by atoms with Gasteiger partial charge in [-0.2, -0.15) is 15.0 Å². The van der Waals surface area contributed by atoms with E-state index in [0.717, 1.165) is 103 Å². The number of aliphatic hydroxyl groups excluding tert-OH is 1. The van der Waals surface area contributed by atoms with Crippen LogP contribution in [0.3, 0.4) is 0 Å². The van der Waals surface area contributed by atoms with Crippen molar-refractivity contribution in [3.8, 4) is 17.6 Å². The molecule has 9 aromatic rings. The van der Waals surface area contributed by atoms with Crippen molar-refractivity contribution >= 4 is 168 Å². The molecule has 6 saturated carbocycles. The van der Waals surface area contributed by atoms with Gasteiger partial charge in [-0.1, -0.05) is 112 Å². The van der Waals surface area contributed by atoms with E-state index in [1.54, 1.807) is 12.7 Å². The maximum absolute atomic E-state index is 11.2. The summed E-state index contributed by atoms with van der Waals surface area (Å²) in [6.45, 7) is 5.46. The molecule has 7 aliphatic rings. The second kappa shape index (κ2) is 34.1. The van der Waals surface area contributed by atoms with Crippen LogP contribution in [0.25, 0.3) is 33.7 Å². The molecule has 3 aromatic carbocycles. The van der Waals surface area contributed by atoms with Crippen LogP contribution in [0, 0.1) is 6.42 Å². The third kappa shape index (κ3) is 21.5. The molecule has 30 heteroatoms. The van der Waals surface area contributed by atoms with E-state index in [-0.39, 0.29) is 90.5 Å². The smallest absolute Gasteiger partial charge is 1.00 e. The Morgan fingerprint density at radius 3 is 1.61 bits per heavy atom. The third-order valence-electron chi connectivity index (χ3n) is 14.5. The van der Waals surface area contributed by atoms with Crippen LogP contribution in [0.2, 0.25) is 46.2 Å². The quantitative estimate of drug-likeness (QED) is 0.0554. The Hall–Kier alpha value is -4.56. The van der Waals surface area contributed by atoms with Gasteiger partial charge in [0.15, 0.2) is 21.9 Å². The second-order valence-electron chi connectivity index (χ2n) is 23.3. The fourth-order valence-electron chi connectivity index (χ4n) is 9.18. The van der Waals surface area contributed by atoms with Crippen molar-refractivity contribution < 1.29 is 36.4 Å². The van der Waals surface area contributed by atoms with Gasteiger partial charge in [0.1, 0.15) is 34.4 Å². The number of aliphatic imine (C=N–C) groups is 1. The zero-order chi connectivity index (χ0) is 64.5. The maximum Gasteiger partial charge on any atom is 2.00 e. The minimum Gasteiger partial charge on any atom is -1.00 e. The monoisotopic (exact) mass is 1510 g/mol. The maximum atomic E-state index is 11.2. The number of benzene rings is 3. The normalized spacial score (nSPS) is 18.4. The van der Waals surface area contributed by atoms with Gasteiger partial charge in [0.2, 0.25) is 15.9 Å². The van der Waals surface area contributed by atoms with E-state index in [2.05, 4.69) is 72.6 Å². The number of alkyl carbamates (subject to hydrolysis) is 1. The van der Waals surface area contributed by atoms with Gasteiger partial charge >= 0.3 is 35.2 Å². The molecule has 7 heterocycles. The van der Waals surface area contributed by atoms with Gasteiger partial charge in [-0.15, -0.1) is 0 Å². The zero-order valence-electron chi connectivity index (χ0n) is 50.6. The van der Waals surface area contributed by atoms with Gasteiger partial charge < -0.3 is 49.0 Å². The molecule has 0 atom stereocenters. The van der Waals surface area contributed by atoms with Crippen molar-refractivity contribution in [1.29, 1.82) is 0 Å². The van der Waals surface area contributed by atoms with Crippen molar-refractivity contribution in [2.24, 2.45) is 10.7 Å². The topological polar surface area (TPSA) is 245 Å². The number of carbonyl (C=O) groups is 1. The molecular formula is C63H63BrCl9MgN15O4. The van der Waals surface area contributed by atoms with Crippen LogP contribution in [-0.2, 0) is 11.2 Å². The molecule has 6 aliphatic carbocycles. The summed E-state index contributed by atoms with van der Waals surface area (Å²) < 4.78 is 14.8. The number of ether oxygens (including phenoxy) is 2. The van der Waals surface area contributed by atoms with E-state index in [9.17, 15) is 4.79 Å². The average Bonchev–Trinajstić information content (AvgIpc) is 1.71. The molecule has 1 amide bonds. The molecule has 0 bridgehead atoms. The van der Waals surface area contributed by atoms with Gasteiger partial charge in [0, 0.05) is 42.5 Å². The number of halogens is 10. The summed E-state index contributed by atoms with van der Waals surface area (Å²) in [5.41, 5.74) is 14.1. The molecule has 1 aliphatic heterocycles. The number of hydrogen-bond acceptors (Lipinski definition) is 16. The van der Waals surface area contributed by atoms with Crippen molar-refractivity contribution in [3.05, 3.63) is 167 Å². The van der Waals surface area contributed by atoms with E-state index in [1.165, 1.54) is 24.6 Å². The minimum absolute atomic E-state index is 0. The van der Waals surface area contributed by atoms with E-state index >= 15 is 0 Å². The molecule has 0 unspecified atom stereocenters. The number of amides is 1. The first kappa shape index (κ1) is 74.2. The Kier molecular flexibility index (Phi) is 27.2. The van der Waals surface area contributed by atoms with Gasteiger partial charge in [0.05, 0.1) is 67.2 Å². The number of fused-ring (bicyclic) bond motifs is 3. The number of rotatable bonds is 8. The van der Waals surface area contributed by atoms with Gasteiger partial charge in [-0.3, -0.25) is 14.1 Å². The van der Waals surface area contributed by atoms with Crippen LogP contribution in [0.1, 0.15) is 138 Å². The number of hydrogen-bond donors (Lipinski definition) is 3. The predicted molar refractivity (Wildman–Crippen MR) is 366 cm³/mol. The predicted octanol–water partition coefficient (Wildman–Crippen LogP) is 13.6. The first-order valence-electron chi connectivity index (χ1n) is 29.5. The van der Waals surface area contributed by atoms with Crippen molar-refractivity contribution in [3.63, 3.8) is 0 Å². The first-order valence-corrected chi connectivity index (χ1v) is 32.9. The largest absolute Gasteiger partial charge is 2.00 e. The minimum atomic E-state index is -0.452. The summed E-state index contributed by atoms with van der Waals surface area (Å²) in [5, 5.41) is 14.5. The molecule has 16 rings (SSSR count). The molecule has 4 N–H and O–H groups in total. The average molecular weight is 1520 g/mol. The van der Waals surface area contributed by atoms with Crippen LogP contribution in [0.5, 0.6) is 6.01 Å². The first-order chi connectivity index (χ1) is 43.6. The molecule has 19 nitrogen and oxygen atoms in total. The van der Waals surface area contributed by atoms with E-state index in [4.69, 9.17) is 125 Å². The zero-order valence-corrected chi connectivity index (χ0v) is 60.4. The number of imidazole rings is 2. The SMILES string of the molecule is C1=Nc2ccccc2C1.CC(C)(C)OC(=O)NC1CC(O)C1.Clc1nc(C2CC2)c(Cl)c(-n2cnc3ccccc32)n1.Clc1nc(Cl)c(Cl)c(C2CC2)n1.Clc1ncc(Cl)c(Cl)n1.NC1CC(Oc2nc(C3CC3)c(Cl)c(-n3cnc4ccccc43)n2)C1.[Br-].[CH-]1CC1.[Mg+2]. The van der Waals surface area contributed by atoms with Crippen LogP contribution in [0.4, 0.5) is 10.5 Å². The number of aliphatic hydroxyl groups is 1. The summed E-state index contributed by atoms with van der Waals surface area (Å²) in [7, 11) is 0. The van der Waals surface area contributed by atoms with E-state index in [1.807, 2.05) is 103 Å². The molecule has 0 radical (unpaired) electrons. The number of para-hydroxylation sites is 5. The van der Waals surface area contributed by atoms with Crippen molar-refractivity contribution in [2.75, 3.05) is 0 Å². The van der Waals surface area contributed by atoms with E-state index in [0.29, 0.717) is 68.3 Å². The van der Waals surface area contributed by atoms with Crippen LogP contribution in [-0.4, -0.2) is 129 Å². The fraction of sp³-hybridized carbons (Fsp3) is 0.381. The van der Waals surface area contributed by atoms with Gasteiger partial charge in [-0.25, -0.2) is 52.5 Å². The molecule has 93 heavy (non-hydrogen) atoms. The summed E-state index contributed by atoms with van der Waals surface area (Å²) in [4.78, 5) is 56.8. The number of nitrogens with zero attached hydrogens (tertiary/aromatic N) is 13. The summed E-state index contributed by atoms with van der Waals surface area (Å²) >= 11 is 52.7.